The first-order valence-corrected chi connectivity index (χ1v) is 11.6. The first kappa shape index (κ1) is 22.6. The summed E-state index contributed by atoms with van der Waals surface area (Å²) in [5.41, 5.74) is 3.34. The Hall–Kier alpha value is -3.54. The van der Waals surface area contributed by atoms with Crippen LogP contribution in [-0.2, 0) is 14.8 Å². The number of hydrogen-bond donors (Lipinski definition) is 2. The van der Waals surface area contributed by atoms with Crippen LogP contribution in [-0.4, -0.2) is 54.8 Å². The van der Waals surface area contributed by atoms with Crippen molar-refractivity contribution < 1.29 is 23.2 Å². The van der Waals surface area contributed by atoms with Crippen molar-refractivity contribution in [3.8, 4) is 5.75 Å². The molecule has 1 aliphatic rings. The van der Waals surface area contributed by atoms with Gasteiger partial charge in [-0.2, -0.15) is 9.41 Å². The minimum Gasteiger partial charge on any atom is -0.507 e. The van der Waals surface area contributed by atoms with Gasteiger partial charge in [-0.3, -0.25) is 15.5 Å². The molecule has 0 aromatic heterocycles. The SMILES string of the molecule is C/C(=N\Nc1ccc([N+](=O)[O-])cc1S(=O)(=O)N1CCOCC1)c1ccc2ccccc2c1O. The molecule has 11 heteroatoms. The molecule has 0 atom stereocenters. The molecule has 0 aliphatic carbocycles. The van der Waals surface area contributed by atoms with Gasteiger partial charge in [-0.05, 0) is 24.4 Å². The van der Waals surface area contributed by atoms with Gasteiger partial charge in [0.15, 0.2) is 0 Å². The molecule has 0 unspecified atom stereocenters. The van der Waals surface area contributed by atoms with Gasteiger partial charge < -0.3 is 9.84 Å². The van der Waals surface area contributed by atoms with E-state index in [2.05, 4.69) is 10.5 Å². The monoisotopic (exact) mass is 470 g/mol. The van der Waals surface area contributed by atoms with Crippen LogP contribution in [0.1, 0.15) is 12.5 Å². The second kappa shape index (κ2) is 9.14. The Kier molecular flexibility index (Phi) is 6.27. The Morgan fingerprint density at radius 3 is 2.61 bits per heavy atom. The number of hydrogen-bond acceptors (Lipinski definition) is 8. The third-order valence-corrected chi connectivity index (χ3v) is 7.34. The molecular formula is C22H22N4O6S. The third-order valence-electron chi connectivity index (χ3n) is 5.40. The van der Waals surface area contributed by atoms with Gasteiger partial charge in [0.2, 0.25) is 10.0 Å². The molecule has 3 aromatic carbocycles. The molecule has 172 valence electrons. The van der Waals surface area contributed by atoms with Crippen molar-refractivity contribution in [2.75, 3.05) is 31.7 Å². The summed E-state index contributed by atoms with van der Waals surface area (Å²) in [6.07, 6.45) is 0. The highest BCUT2D eigenvalue weighted by molar-refractivity contribution is 7.89. The summed E-state index contributed by atoms with van der Waals surface area (Å²) >= 11 is 0. The van der Waals surface area contributed by atoms with Crippen LogP contribution in [0.5, 0.6) is 5.75 Å². The predicted molar refractivity (Wildman–Crippen MR) is 124 cm³/mol. The number of phenolic OH excluding ortho intramolecular Hbond substituents is 1. The number of non-ortho nitro benzene ring substituents is 1. The zero-order valence-corrected chi connectivity index (χ0v) is 18.6. The Morgan fingerprint density at radius 2 is 1.88 bits per heavy atom. The molecule has 4 rings (SSSR count). The van der Waals surface area contributed by atoms with Crippen LogP contribution in [0, 0.1) is 10.1 Å². The van der Waals surface area contributed by atoms with Crippen LogP contribution in [0.4, 0.5) is 11.4 Å². The molecular weight excluding hydrogens is 448 g/mol. The molecule has 2 N–H and O–H groups in total. The second-order valence-electron chi connectivity index (χ2n) is 7.45. The standard InChI is InChI=1S/C22H22N4O6S/c1-15(18-8-6-16-4-2-3-5-19(16)22(18)27)23-24-20-9-7-17(26(28)29)14-21(20)33(30,31)25-10-12-32-13-11-25/h2-9,14,24,27H,10-13H2,1H3/b23-15+. The van der Waals surface area contributed by atoms with Crippen molar-refractivity contribution in [2.45, 2.75) is 11.8 Å². The highest BCUT2D eigenvalue weighted by Crippen LogP contribution is 2.31. The van der Waals surface area contributed by atoms with Crippen LogP contribution in [0.15, 0.2) is 64.6 Å². The second-order valence-corrected chi connectivity index (χ2v) is 9.35. The number of phenols is 1. The van der Waals surface area contributed by atoms with E-state index in [9.17, 15) is 23.6 Å². The summed E-state index contributed by atoms with van der Waals surface area (Å²) in [5.74, 6) is 0.0565. The summed E-state index contributed by atoms with van der Waals surface area (Å²) in [4.78, 5) is 10.4. The van der Waals surface area contributed by atoms with Crippen molar-refractivity contribution in [1.29, 1.82) is 0 Å². The number of anilines is 1. The molecule has 1 fully saturated rings. The van der Waals surface area contributed by atoms with E-state index in [0.717, 1.165) is 11.5 Å². The average Bonchev–Trinajstić information content (AvgIpc) is 2.83. The number of sulfonamides is 1. The van der Waals surface area contributed by atoms with Gasteiger partial charge >= 0.3 is 0 Å². The van der Waals surface area contributed by atoms with Crippen LogP contribution in [0.25, 0.3) is 10.8 Å². The molecule has 3 aromatic rings. The van der Waals surface area contributed by atoms with E-state index in [-0.39, 0.29) is 48.3 Å². The molecule has 1 aliphatic heterocycles. The molecule has 10 nitrogen and oxygen atoms in total. The minimum atomic E-state index is -4.03. The van der Waals surface area contributed by atoms with E-state index in [1.807, 2.05) is 24.3 Å². The van der Waals surface area contributed by atoms with Gasteiger partial charge in [0, 0.05) is 36.2 Å². The zero-order chi connectivity index (χ0) is 23.6. The summed E-state index contributed by atoms with van der Waals surface area (Å²) in [5, 5.41) is 27.7. The van der Waals surface area contributed by atoms with Crippen LogP contribution >= 0.6 is 0 Å². The highest BCUT2D eigenvalue weighted by Gasteiger charge is 2.30. The van der Waals surface area contributed by atoms with E-state index in [1.165, 1.54) is 16.4 Å². The summed E-state index contributed by atoms with van der Waals surface area (Å²) in [7, 11) is -4.03. The number of aromatic hydroxyl groups is 1. The Balaban J connectivity index is 1.71. The van der Waals surface area contributed by atoms with Crippen LogP contribution in [0.2, 0.25) is 0 Å². The van der Waals surface area contributed by atoms with Crippen molar-refractivity contribution in [2.24, 2.45) is 5.10 Å². The van der Waals surface area contributed by atoms with Crippen molar-refractivity contribution in [1.82, 2.24) is 4.31 Å². The molecule has 0 saturated carbocycles. The molecule has 0 spiro atoms. The fourth-order valence-corrected chi connectivity index (χ4v) is 5.18. The molecule has 0 radical (unpaired) electrons. The number of benzene rings is 3. The number of morpholine rings is 1. The molecule has 0 bridgehead atoms. The quantitative estimate of drug-likeness (QED) is 0.321. The Morgan fingerprint density at radius 1 is 1.15 bits per heavy atom. The summed E-state index contributed by atoms with van der Waals surface area (Å²) in [6, 6.07) is 14.5. The Labute approximate surface area is 190 Å². The Bertz CT molecular complexity index is 1350. The zero-order valence-electron chi connectivity index (χ0n) is 17.8. The maximum absolute atomic E-state index is 13.2. The first-order chi connectivity index (χ1) is 15.8. The van der Waals surface area contributed by atoms with Gasteiger partial charge in [-0.1, -0.05) is 30.3 Å². The van der Waals surface area contributed by atoms with Gasteiger partial charge in [0.25, 0.3) is 5.69 Å². The number of fused-ring (bicyclic) bond motifs is 1. The molecule has 33 heavy (non-hydrogen) atoms. The van der Waals surface area contributed by atoms with Gasteiger partial charge in [-0.25, -0.2) is 8.42 Å². The molecule has 1 saturated heterocycles. The molecule has 0 amide bonds. The summed E-state index contributed by atoms with van der Waals surface area (Å²) in [6.45, 7) is 2.46. The van der Waals surface area contributed by atoms with Gasteiger partial charge in [0.1, 0.15) is 10.6 Å². The fourth-order valence-electron chi connectivity index (χ4n) is 3.61. The van der Waals surface area contributed by atoms with E-state index in [1.54, 1.807) is 19.1 Å². The van der Waals surface area contributed by atoms with Crippen molar-refractivity contribution in [3.63, 3.8) is 0 Å². The van der Waals surface area contributed by atoms with E-state index >= 15 is 0 Å². The number of nitro groups is 1. The third kappa shape index (κ3) is 4.51. The number of ether oxygens (including phenoxy) is 1. The lowest BCUT2D eigenvalue weighted by molar-refractivity contribution is -0.385. The largest absolute Gasteiger partial charge is 0.507 e. The van der Waals surface area contributed by atoms with Crippen LogP contribution < -0.4 is 5.43 Å². The fraction of sp³-hybridized carbons (Fsp3) is 0.227. The van der Waals surface area contributed by atoms with Gasteiger partial charge in [-0.15, -0.1) is 0 Å². The maximum Gasteiger partial charge on any atom is 0.270 e. The van der Waals surface area contributed by atoms with E-state index in [0.29, 0.717) is 16.7 Å². The first-order valence-electron chi connectivity index (χ1n) is 10.2. The lowest BCUT2D eigenvalue weighted by Gasteiger charge is -2.26. The smallest absolute Gasteiger partial charge is 0.270 e. The van der Waals surface area contributed by atoms with Gasteiger partial charge in [0.05, 0.1) is 29.5 Å². The molecule has 1 heterocycles. The number of hydrazone groups is 1. The van der Waals surface area contributed by atoms with Crippen LogP contribution in [0.3, 0.4) is 0 Å². The lowest BCUT2D eigenvalue weighted by atomic mass is 10.0. The minimum absolute atomic E-state index is 0.0565. The predicted octanol–water partition coefficient (Wildman–Crippen LogP) is 3.31. The van der Waals surface area contributed by atoms with Crippen molar-refractivity contribution >= 4 is 37.9 Å². The number of nitro benzene ring substituents is 1. The average molecular weight is 471 g/mol. The number of nitrogens with one attached hydrogen (secondary N) is 1. The number of nitrogens with zero attached hydrogens (tertiary/aromatic N) is 3. The number of rotatable bonds is 6. The maximum atomic E-state index is 13.2. The topological polar surface area (TPSA) is 134 Å². The lowest BCUT2D eigenvalue weighted by Crippen LogP contribution is -2.40. The highest BCUT2D eigenvalue weighted by atomic mass is 32.2. The van der Waals surface area contributed by atoms with E-state index < -0.39 is 14.9 Å². The van der Waals surface area contributed by atoms with E-state index in [4.69, 9.17) is 4.74 Å². The summed E-state index contributed by atoms with van der Waals surface area (Å²) < 4.78 is 32.9. The normalized spacial score (nSPS) is 15.5. The van der Waals surface area contributed by atoms with Crippen molar-refractivity contribution in [3.05, 3.63) is 70.3 Å².